The molecule has 0 spiro atoms. The minimum absolute atomic E-state index is 0.0610. The van der Waals surface area contributed by atoms with Crippen molar-refractivity contribution in [3.8, 4) is 0 Å². The number of likely N-dealkylation sites (tertiary alicyclic amines) is 1. The van der Waals surface area contributed by atoms with Gasteiger partial charge in [-0.3, -0.25) is 4.90 Å². The first-order chi connectivity index (χ1) is 8.31. The highest BCUT2D eigenvalue weighted by molar-refractivity contribution is 4.86. The molecular formula is C14H28N2O. The monoisotopic (exact) mass is 240 g/mol. The van der Waals surface area contributed by atoms with Crippen molar-refractivity contribution in [3.05, 3.63) is 0 Å². The summed E-state index contributed by atoms with van der Waals surface area (Å²) in [4.78, 5) is 2.55. The minimum Gasteiger partial charge on any atom is -0.391 e. The van der Waals surface area contributed by atoms with Crippen molar-refractivity contribution in [3.63, 3.8) is 0 Å². The summed E-state index contributed by atoms with van der Waals surface area (Å²) < 4.78 is 0. The maximum Gasteiger partial charge on any atom is 0.0695 e. The Bertz CT molecular complexity index is 214. The highest BCUT2D eigenvalue weighted by Gasteiger charge is 2.31. The largest absolute Gasteiger partial charge is 0.391 e. The number of aliphatic hydroxyl groups excluding tert-OH is 1. The fourth-order valence-corrected chi connectivity index (χ4v) is 3.35. The summed E-state index contributed by atoms with van der Waals surface area (Å²) in [5.41, 5.74) is 0. The molecule has 0 amide bonds. The van der Waals surface area contributed by atoms with Crippen molar-refractivity contribution in [1.29, 1.82) is 0 Å². The Hall–Kier alpha value is -0.120. The number of piperidine rings is 1. The van der Waals surface area contributed by atoms with Crippen LogP contribution in [0.4, 0.5) is 0 Å². The average molecular weight is 240 g/mol. The highest BCUT2D eigenvalue weighted by atomic mass is 16.3. The molecule has 1 saturated carbocycles. The topological polar surface area (TPSA) is 35.5 Å². The predicted octanol–water partition coefficient (Wildman–Crippen LogP) is 1.61. The molecule has 0 radical (unpaired) electrons. The molecule has 0 aromatic heterocycles. The summed E-state index contributed by atoms with van der Waals surface area (Å²) >= 11 is 0. The van der Waals surface area contributed by atoms with Gasteiger partial charge in [0.1, 0.15) is 0 Å². The molecule has 0 aromatic carbocycles. The summed E-state index contributed by atoms with van der Waals surface area (Å²) in [5, 5.41) is 13.5. The summed E-state index contributed by atoms with van der Waals surface area (Å²) in [6.45, 7) is 6.82. The third-order valence-electron chi connectivity index (χ3n) is 4.50. The van der Waals surface area contributed by atoms with Gasteiger partial charge in [0.25, 0.3) is 0 Å². The van der Waals surface area contributed by atoms with Gasteiger partial charge < -0.3 is 10.4 Å². The van der Waals surface area contributed by atoms with E-state index in [1.165, 1.54) is 51.7 Å². The average Bonchev–Trinajstić information content (AvgIpc) is 2.38. The van der Waals surface area contributed by atoms with Gasteiger partial charge in [-0.2, -0.15) is 0 Å². The first kappa shape index (κ1) is 13.3. The maximum absolute atomic E-state index is 10.1. The Morgan fingerprint density at radius 3 is 2.47 bits per heavy atom. The third-order valence-corrected chi connectivity index (χ3v) is 4.50. The molecular weight excluding hydrogens is 212 g/mol. The zero-order valence-electron chi connectivity index (χ0n) is 11.2. The van der Waals surface area contributed by atoms with Crippen molar-refractivity contribution >= 4 is 0 Å². The fourth-order valence-electron chi connectivity index (χ4n) is 3.35. The minimum atomic E-state index is -0.0610. The standard InChI is InChI=1S/C14H28N2O/c1-2-15-11-12-7-9-16(10-8-12)13-5-3-4-6-14(13)17/h12-15,17H,2-11H2,1H3. The molecule has 0 aromatic rings. The number of nitrogens with one attached hydrogen (secondary N) is 1. The van der Waals surface area contributed by atoms with E-state index in [0.29, 0.717) is 6.04 Å². The van der Waals surface area contributed by atoms with Gasteiger partial charge in [0.15, 0.2) is 0 Å². The second kappa shape index (κ2) is 6.72. The van der Waals surface area contributed by atoms with Gasteiger partial charge in [0.2, 0.25) is 0 Å². The van der Waals surface area contributed by atoms with Gasteiger partial charge in [0, 0.05) is 6.04 Å². The van der Waals surface area contributed by atoms with Gasteiger partial charge in [-0.1, -0.05) is 19.8 Å². The molecule has 1 aliphatic carbocycles. The molecule has 3 heteroatoms. The van der Waals surface area contributed by atoms with Crippen LogP contribution in [-0.4, -0.2) is 48.3 Å². The van der Waals surface area contributed by atoms with E-state index >= 15 is 0 Å². The Morgan fingerprint density at radius 1 is 1.12 bits per heavy atom. The Labute approximate surface area is 106 Å². The highest BCUT2D eigenvalue weighted by Crippen LogP contribution is 2.27. The molecule has 1 heterocycles. The Morgan fingerprint density at radius 2 is 1.82 bits per heavy atom. The first-order valence-corrected chi connectivity index (χ1v) is 7.44. The summed E-state index contributed by atoms with van der Waals surface area (Å²) in [6, 6.07) is 0.462. The van der Waals surface area contributed by atoms with E-state index in [0.717, 1.165) is 18.9 Å². The summed E-state index contributed by atoms with van der Waals surface area (Å²) in [5.74, 6) is 0.854. The Kier molecular flexibility index (Phi) is 5.26. The number of hydrogen-bond acceptors (Lipinski definition) is 3. The van der Waals surface area contributed by atoms with Crippen molar-refractivity contribution in [2.75, 3.05) is 26.2 Å². The summed E-state index contributed by atoms with van der Waals surface area (Å²) in [6.07, 6.45) is 7.29. The predicted molar refractivity (Wildman–Crippen MR) is 71.1 cm³/mol. The van der Waals surface area contributed by atoms with E-state index in [4.69, 9.17) is 0 Å². The zero-order chi connectivity index (χ0) is 12.1. The van der Waals surface area contributed by atoms with E-state index in [1.54, 1.807) is 0 Å². The molecule has 2 unspecified atom stereocenters. The molecule has 2 N–H and O–H groups in total. The molecule has 2 aliphatic rings. The van der Waals surface area contributed by atoms with E-state index in [2.05, 4.69) is 17.1 Å². The molecule has 1 aliphatic heterocycles. The molecule has 1 saturated heterocycles. The fraction of sp³-hybridized carbons (Fsp3) is 1.00. The van der Waals surface area contributed by atoms with Crippen molar-refractivity contribution in [1.82, 2.24) is 10.2 Å². The lowest BCUT2D eigenvalue weighted by Crippen LogP contribution is -2.49. The molecule has 17 heavy (non-hydrogen) atoms. The molecule has 2 atom stereocenters. The molecule has 2 fully saturated rings. The SMILES string of the molecule is CCNCC1CCN(C2CCCCC2O)CC1. The van der Waals surface area contributed by atoms with Crippen LogP contribution >= 0.6 is 0 Å². The van der Waals surface area contributed by atoms with Crippen LogP contribution < -0.4 is 5.32 Å². The molecule has 0 bridgehead atoms. The van der Waals surface area contributed by atoms with Crippen molar-refractivity contribution < 1.29 is 5.11 Å². The summed E-state index contributed by atoms with van der Waals surface area (Å²) in [7, 11) is 0. The molecule has 2 rings (SSSR count). The first-order valence-electron chi connectivity index (χ1n) is 7.44. The van der Waals surface area contributed by atoms with Crippen LogP contribution in [0.15, 0.2) is 0 Å². The smallest absolute Gasteiger partial charge is 0.0695 e. The van der Waals surface area contributed by atoms with E-state index in [1.807, 2.05) is 0 Å². The molecule has 100 valence electrons. The Balaban J connectivity index is 1.74. The number of rotatable bonds is 4. The van der Waals surface area contributed by atoms with Gasteiger partial charge in [0.05, 0.1) is 6.10 Å². The molecule has 3 nitrogen and oxygen atoms in total. The quantitative estimate of drug-likeness (QED) is 0.784. The van der Waals surface area contributed by atoms with Crippen LogP contribution in [0, 0.1) is 5.92 Å². The lowest BCUT2D eigenvalue weighted by molar-refractivity contribution is 0.00414. The lowest BCUT2D eigenvalue weighted by Gasteiger charge is -2.41. The van der Waals surface area contributed by atoms with Gasteiger partial charge >= 0.3 is 0 Å². The van der Waals surface area contributed by atoms with Crippen LogP contribution in [0.3, 0.4) is 0 Å². The van der Waals surface area contributed by atoms with Crippen LogP contribution in [0.2, 0.25) is 0 Å². The third kappa shape index (κ3) is 3.67. The number of nitrogens with zero attached hydrogens (tertiary/aromatic N) is 1. The van der Waals surface area contributed by atoms with E-state index in [9.17, 15) is 5.11 Å². The van der Waals surface area contributed by atoms with Crippen molar-refractivity contribution in [2.45, 2.75) is 57.6 Å². The van der Waals surface area contributed by atoms with Crippen molar-refractivity contribution in [2.24, 2.45) is 5.92 Å². The van der Waals surface area contributed by atoms with Gasteiger partial charge in [-0.25, -0.2) is 0 Å². The number of hydrogen-bond donors (Lipinski definition) is 2. The van der Waals surface area contributed by atoms with Crippen LogP contribution in [0.25, 0.3) is 0 Å². The van der Waals surface area contributed by atoms with Crippen LogP contribution in [-0.2, 0) is 0 Å². The second-order valence-electron chi connectivity index (χ2n) is 5.71. The van der Waals surface area contributed by atoms with E-state index in [-0.39, 0.29) is 6.10 Å². The number of aliphatic hydroxyl groups is 1. The van der Waals surface area contributed by atoms with Gasteiger partial charge in [-0.05, 0) is 57.8 Å². The van der Waals surface area contributed by atoms with Gasteiger partial charge in [-0.15, -0.1) is 0 Å². The maximum atomic E-state index is 10.1. The van der Waals surface area contributed by atoms with E-state index < -0.39 is 0 Å². The second-order valence-corrected chi connectivity index (χ2v) is 5.71. The normalized spacial score (nSPS) is 32.8. The zero-order valence-corrected chi connectivity index (χ0v) is 11.2. The van der Waals surface area contributed by atoms with Crippen LogP contribution in [0.5, 0.6) is 0 Å². The van der Waals surface area contributed by atoms with Crippen LogP contribution in [0.1, 0.15) is 45.4 Å². The lowest BCUT2D eigenvalue weighted by atomic mass is 9.88.